The fourth-order valence-corrected chi connectivity index (χ4v) is 2.97. The van der Waals surface area contributed by atoms with Gasteiger partial charge in [0.1, 0.15) is 5.69 Å². The number of aromatic hydroxyl groups is 1. The molecule has 4 heteroatoms. The summed E-state index contributed by atoms with van der Waals surface area (Å²) in [6.45, 7) is 8.38. The average Bonchev–Trinajstić information content (AvgIpc) is 2.91. The molecule has 3 rings (SSSR count). The van der Waals surface area contributed by atoms with Crippen LogP contribution < -0.4 is 0 Å². The first-order chi connectivity index (χ1) is 12.3. The molecule has 0 bridgehead atoms. The third-order valence-electron chi connectivity index (χ3n) is 4.46. The maximum Gasteiger partial charge on any atom is 0.183 e. The molecule has 26 heavy (non-hydrogen) atoms. The molecule has 0 saturated carbocycles. The third kappa shape index (κ3) is 3.54. The minimum atomic E-state index is -0.248. The Morgan fingerprint density at radius 1 is 1.04 bits per heavy atom. The molecule has 0 radical (unpaired) electrons. The van der Waals surface area contributed by atoms with E-state index in [9.17, 15) is 9.90 Å². The molecule has 0 fully saturated rings. The maximum atomic E-state index is 11.9. The number of benzene rings is 2. The van der Waals surface area contributed by atoms with Gasteiger partial charge in [0.25, 0.3) is 0 Å². The van der Waals surface area contributed by atoms with E-state index in [0.717, 1.165) is 11.1 Å². The van der Waals surface area contributed by atoms with Crippen LogP contribution in [0.3, 0.4) is 0 Å². The summed E-state index contributed by atoms with van der Waals surface area (Å²) in [6.07, 6.45) is 0. The standard InChI is InChI=1S/C22H24N2O2/c1-15(25)19-21(26)20(17-10-12-18(13-11-17)22(2,3)4)24(23-19)14-16-8-6-5-7-9-16/h5-13,26H,14H2,1-4H3. The summed E-state index contributed by atoms with van der Waals surface area (Å²) in [5.41, 5.74) is 3.83. The van der Waals surface area contributed by atoms with Gasteiger partial charge in [-0.05, 0) is 16.5 Å². The van der Waals surface area contributed by atoms with Crippen molar-refractivity contribution in [3.63, 3.8) is 0 Å². The largest absolute Gasteiger partial charge is 0.504 e. The zero-order chi connectivity index (χ0) is 18.9. The SMILES string of the molecule is CC(=O)c1nn(Cc2ccccc2)c(-c2ccc(C(C)(C)C)cc2)c1O. The van der Waals surface area contributed by atoms with Crippen LogP contribution in [0.4, 0.5) is 0 Å². The lowest BCUT2D eigenvalue weighted by Crippen LogP contribution is -2.10. The third-order valence-corrected chi connectivity index (χ3v) is 4.46. The second kappa shape index (κ2) is 6.79. The molecule has 0 unspecified atom stereocenters. The predicted octanol–water partition coefficient (Wildman–Crippen LogP) is 4.80. The van der Waals surface area contributed by atoms with E-state index in [2.05, 4.69) is 38.0 Å². The Labute approximate surface area is 154 Å². The van der Waals surface area contributed by atoms with Crippen molar-refractivity contribution >= 4 is 5.78 Å². The molecule has 0 aliphatic carbocycles. The number of Topliss-reactive ketones (excluding diaryl/α,β-unsaturated/α-hetero) is 1. The molecular weight excluding hydrogens is 324 g/mol. The minimum absolute atomic E-state index is 0.0510. The van der Waals surface area contributed by atoms with Gasteiger partial charge in [-0.3, -0.25) is 9.48 Å². The Hall–Kier alpha value is -2.88. The number of hydrogen-bond donors (Lipinski definition) is 1. The van der Waals surface area contributed by atoms with E-state index >= 15 is 0 Å². The van der Waals surface area contributed by atoms with Crippen molar-refractivity contribution in [1.29, 1.82) is 0 Å². The van der Waals surface area contributed by atoms with Gasteiger partial charge in [0.2, 0.25) is 0 Å². The zero-order valence-corrected chi connectivity index (χ0v) is 15.7. The highest BCUT2D eigenvalue weighted by molar-refractivity contribution is 5.97. The van der Waals surface area contributed by atoms with Crippen LogP contribution in [0.15, 0.2) is 54.6 Å². The molecule has 0 aliphatic rings. The Kier molecular flexibility index (Phi) is 4.68. The van der Waals surface area contributed by atoms with Gasteiger partial charge in [-0.25, -0.2) is 0 Å². The number of hydrogen-bond acceptors (Lipinski definition) is 3. The van der Waals surface area contributed by atoms with Gasteiger partial charge in [-0.15, -0.1) is 0 Å². The first-order valence-corrected chi connectivity index (χ1v) is 8.73. The fraction of sp³-hybridized carbons (Fsp3) is 0.273. The van der Waals surface area contributed by atoms with Gasteiger partial charge in [-0.1, -0.05) is 75.4 Å². The van der Waals surface area contributed by atoms with E-state index in [1.165, 1.54) is 12.5 Å². The molecule has 0 saturated heterocycles. The average molecular weight is 348 g/mol. The summed E-state index contributed by atoms with van der Waals surface area (Å²) >= 11 is 0. The summed E-state index contributed by atoms with van der Waals surface area (Å²) in [5.74, 6) is -0.307. The Morgan fingerprint density at radius 3 is 2.19 bits per heavy atom. The topological polar surface area (TPSA) is 55.1 Å². The lowest BCUT2D eigenvalue weighted by atomic mass is 9.86. The molecular formula is C22H24N2O2. The quantitative estimate of drug-likeness (QED) is 0.689. The van der Waals surface area contributed by atoms with Crippen LogP contribution in [0, 0.1) is 0 Å². The van der Waals surface area contributed by atoms with Crippen molar-refractivity contribution in [2.24, 2.45) is 0 Å². The fourth-order valence-electron chi connectivity index (χ4n) is 2.97. The second-order valence-electron chi connectivity index (χ2n) is 7.57. The van der Waals surface area contributed by atoms with Crippen molar-refractivity contribution < 1.29 is 9.90 Å². The molecule has 3 aromatic rings. The van der Waals surface area contributed by atoms with Gasteiger partial charge < -0.3 is 5.11 Å². The first kappa shape index (κ1) is 17.9. The highest BCUT2D eigenvalue weighted by Gasteiger charge is 2.22. The molecule has 134 valence electrons. The monoisotopic (exact) mass is 348 g/mol. The van der Waals surface area contributed by atoms with Gasteiger partial charge in [0, 0.05) is 12.5 Å². The van der Waals surface area contributed by atoms with E-state index in [4.69, 9.17) is 0 Å². The molecule has 0 atom stereocenters. The van der Waals surface area contributed by atoms with Crippen molar-refractivity contribution in [2.45, 2.75) is 39.7 Å². The van der Waals surface area contributed by atoms with Crippen LogP contribution >= 0.6 is 0 Å². The predicted molar refractivity (Wildman–Crippen MR) is 104 cm³/mol. The second-order valence-corrected chi connectivity index (χ2v) is 7.57. The molecule has 0 aliphatic heterocycles. The Morgan fingerprint density at radius 2 is 1.65 bits per heavy atom. The van der Waals surface area contributed by atoms with Crippen molar-refractivity contribution in [3.05, 3.63) is 71.4 Å². The van der Waals surface area contributed by atoms with E-state index in [-0.39, 0.29) is 22.6 Å². The van der Waals surface area contributed by atoms with E-state index in [1.54, 1.807) is 4.68 Å². The lowest BCUT2D eigenvalue weighted by molar-refractivity contribution is 0.101. The molecule has 4 nitrogen and oxygen atoms in total. The van der Waals surface area contributed by atoms with E-state index < -0.39 is 0 Å². The molecule has 0 spiro atoms. The van der Waals surface area contributed by atoms with Gasteiger partial charge in [0.15, 0.2) is 17.2 Å². The van der Waals surface area contributed by atoms with Crippen molar-refractivity contribution in [3.8, 4) is 17.0 Å². The van der Waals surface area contributed by atoms with Gasteiger partial charge in [-0.2, -0.15) is 5.10 Å². The Bertz CT molecular complexity index is 917. The summed E-state index contributed by atoms with van der Waals surface area (Å²) in [6, 6.07) is 17.9. The first-order valence-electron chi connectivity index (χ1n) is 8.73. The number of aromatic nitrogens is 2. The molecule has 1 aromatic heterocycles. The van der Waals surface area contributed by atoms with Crippen LogP contribution in [0.1, 0.15) is 49.3 Å². The number of carbonyl (C=O) groups excluding carboxylic acids is 1. The normalized spacial score (nSPS) is 11.5. The van der Waals surface area contributed by atoms with Crippen molar-refractivity contribution in [1.82, 2.24) is 9.78 Å². The number of rotatable bonds is 4. The maximum absolute atomic E-state index is 11.9. The molecule has 1 heterocycles. The summed E-state index contributed by atoms with van der Waals surface area (Å²) in [4.78, 5) is 11.9. The van der Waals surface area contributed by atoms with Gasteiger partial charge >= 0.3 is 0 Å². The molecule has 1 N–H and O–H groups in total. The van der Waals surface area contributed by atoms with Crippen LogP contribution in [-0.2, 0) is 12.0 Å². The number of carbonyl (C=O) groups is 1. The van der Waals surface area contributed by atoms with E-state index in [0.29, 0.717) is 12.2 Å². The van der Waals surface area contributed by atoms with E-state index in [1.807, 2.05) is 42.5 Å². The summed E-state index contributed by atoms with van der Waals surface area (Å²) in [7, 11) is 0. The number of nitrogens with zero attached hydrogens (tertiary/aromatic N) is 2. The van der Waals surface area contributed by atoms with Crippen molar-refractivity contribution in [2.75, 3.05) is 0 Å². The Balaban J connectivity index is 2.08. The molecule has 2 aromatic carbocycles. The van der Waals surface area contributed by atoms with Crippen LogP contribution in [-0.4, -0.2) is 20.7 Å². The summed E-state index contributed by atoms with van der Waals surface area (Å²) < 4.78 is 1.70. The highest BCUT2D eigenvalue weighted by atomic mass is 16.3. The molecule has 0 amide bonds. The zero-order valence-electron chi connectivity index (χ0n) is 15.7. The van der Waals surface area contributed by atoms with Gasteiger partial charge in [0.05, 0.1) is 6.54 Å². The van der Waals surface area contributed by atoms with Crippen LogP contribution in [0.25, 0.3) is 11.3 Å². The lowest BCUT2D eigenvalue weighted by Gasteiger charge is -2.19. The summed E-state index contributed by atoms with van der Waals surface area (Å²) in [5, 5.41) is 15.0. The van der Waals surface area contributed by atoms with Crippen LogP contribution in [0.2, 0.25) is 0 Å². The minimum Gasteiger partial charge on any atom is -0.504 e. The smallest absolute Gasteiger partial charge is 0.183 e. The number of ketones is 1. The highest BCUT2D eigenvalue weighted by Crippen LogP contribution is 2.34. The van der Waals surface area contributed by atoms with Crippen LogP contribution in [0.5, 0.6) is 5.75 Å².